The Morgan fingerprint density at radius 3 is 2.57 bits per heavy atom. The number of nitrogens with zero attached hydrogens (tertiary/aromatic N) is 3. The van der Waals surface area contributed by atoms with Gasteiger partial charge in [-0.25, -0.2) is 4.98 Å². The van der Waals surface area contributed by atoms with Crippen LogP contribution in [0.15, 0.2) is 6.20 Å². The van der Waals surface area contributed by atoms with Crippen LogP contribution in [0.25, 0.3) is 0 Å². The molecular weight excluding hydrogens is 306 g/mol. The molecule has 1 fully saturated rings. The van der Waals surface area contributed by atoms with E-state index >= 15 is 0 Å². The molecule has 0 aliphatic carbocycles. The summed E-state index contributed by atoms with van der Waals surface area (Å²) < 4.78 is 0.587. The number of amides is 1. The van der Waals surface area contributed by atoms with Gasteiger partial charge in [-0.1, -0.05) is 32.4 Å². The Bertz CT molecular complexity index is 521. The number of thiazole rings is 1. The number of carbonyl (C=O) groups is 1. The molecule has 1 aliphatic heterocycles. The number of hydrogen-bond acceptors (Lipinski definition) is 4. The fourth-order valence-corrected chi connectivity index (χ4v) is 3.67. The highest BCUT2D eigenvalue weighted by molar-refractivity contribution is 7.15. The molecule has 0 atom stereocenters. The van der Waals surface area contributed by atoms with Crippen LogP contribution in [0.2, 0.25) is 4.47 Å². The summed E-state index contributed by atoms with van der Waals surface area (Å²) >= 11 is 7.43. The third kappa shape index (κ3) is 3.96. The van der Waals surface area contributed by atoms with Crippen molar-refractivity contribution in [2.45, 2.75) is 46.7 Å². The molecule has 4 nitrogen and oxygen atoms in total. The fraction of sp³-hybridized carbons (Fsp3) is 0.733. The maximum absolute atomic E-state index is 12.5. The van der Waals surface area contributed by atoms with Crippen molar-refractivity contribution in [2.75, 3.05) is 19.6 Å². The monoisotopic (exact) mass is 329 g/mol. The lowest BCUT2D eigenvalue weighted by atomic mass is 9.91. The predicted octanol–water partition coefficient (Wildman–Crippen LogP) is 3.27. The zero-order valence-corrected chi connectivity index (χ0v) is 15.0. The first-order valence-corrected chi connectivity index (χ1v) is 8.44. The summed E-state index contributed by atoms with van der Waals surface area (Å²) in [5.74, 6) is 0.232. The van der Waals surface area contributed by atoms with Crippen LogP contribution in [0, 0.1) is 5.41 Å². The summed E-state index contributed by atoms with van der Waals surface area (Å²) in [7, 11) is 0. The van der Waals surface area contributed by atoms with Crippen LogP contribution in [0.1, 0.15) is 39.5 Å². The lowest BCUT2D eigenvalue weighted by molar-refractivity contribution is -0.144. The molecule has 1 saturated heterocycles. The van der Waals surface area contributed by atoms with E-state index in [1.807, 2.05) is 31.9 Å². The molecular formula is C15H24ClN3OS. The third-order valence-electron chi connectivity index (χ3n) is 3.87. The molecule has 0 bridgehead atoms. The summed E-state index contributed by atoms with van der Waals surface area (Å²) in [4.78, 5) is 22.1. The molecule has 1 aromatic heterocycles. The van der Waals surface area contributed by atoms with Crippen molar-refractivity contribution in [1.82, 2.24) is 14.8 Å². The van der Waals surface area contributed by atoms with Gasteiger partial charge in [-0.3, -0.25) is 9.69 Å². The highest BCUT2D eigenvalue weighted by Crippen LogP contribution is 2.28. The third-order valence-corrected chi connectivity index (χ3v) is 4.97. The second-order valence-electron chi connectivity index (χ2n) is 7.29. The zero-order valence-electron chi connectivity index (χ0n) is 13.4. The number of aromatic nitrogens is 1. The fourth-order valence-electron chi connectivity index (χ4n) is 2.68. The zero-order chi connectivity index (χ0) is 15.8. The van der Waals surface area contributed by atoms with Gasteiger partial charge in [-0.2, -0.15) is 0 Å². The maximum Gasteiger partial charge on any atom is 0.228 e. The summed E-state index contributed by atoms with van der Waals surface area (Å²) in [6.07, 6.45) is 1.84. The van der Waals surface area contributed by atoms with E-state index in [1.54, 1.807) is 0 Å². The van der Waals surface area contributed by atoms with Crippen LogP contribution in [0.4, 0.5) is 0 Å². The molecule has 0 aromatic carbocycles. The Balaban J connectivity index is 2.04. The average molecular weight is 330 g/mol. The average Bonchev–Trinajstić information content (AvgIpc) is 2.75. The number of rotatable bonds is 2. The SMILES string of the molecule is CC(C)(C)C(=O)N1CCN(Cc2cnc(Cl)s2)C(C)(C)C1. The highest BCUT2D eigenvalue weighted by atomic mass is 35.5. The first-order chi connectivity index (χ1) is 9.59. The van der Waals surface area contributed by atoms with Crippen molar-refractivity contribution >= 4 is 28.8 Å². The van der Waals surface area contributed by atoms with Gasteiger partial charge in [0.25, 0.3) is 0 Å². The summed E-state index contributed by atoms with van der Waals surface area (Å²) in [5, 5.41) is 0. The maximum atomic E-state index is 12.5. The molecule has 0 N–H and O–H groups in total. The minimum atomic E-state index is -0.316. The van der Waals surface area contributed by atoms with Crippen molar-refractivity contribution in [3.05, 3.63) is 15.5 Å². The molecule has 0 radical (unpaired) electrons. The van der Waals surface area contributed by atoms with Crippen molar-refractivity contribution < 1.29 is 4.79 Å². The molecule has 21 heavy (non-hydrogen) atoms. The van der Waals surface area contributed by atoms with E-state index in [1.165, 1.54) is 16.2 Å². The molecule has 2 heterocycles. The lowest BCUT2D eigenvalue weighted by Crippen LogP contribution is -2.61. The molecule has 1 amide bonds. The second kappa shape index (κ2) is 5.86. The van der Waals surface area contributed by atoms with Crippen LogP contribution in [-0.2, 0) is 11.3 Å². The van der Waals surface area contributed by atoms with E-state index in [9.17, 15) is 4.79 Å². The molecule has 0 unspecified atom stereocenters. The predicted molar refractivity (Wildman–Crippen MR) is 87.6 cm³/mol. The standard InChI is InChI=1S/C15H24ClN3OS/c1-14(2,3)12(20)18-6-7-19(15(4,5)10-18)9-11-8-17-13(16)21-11/h8H,6-7,9-10H2,1-5H3. The van der Waals surface area contributed by atoms with Gasteiger partial charge < -0.3 is 4.90 Å². The summed E-state index contributed by atoms with van der Waals surface area (Å²) in [5.41, 5.74) is -0.362. The smallest absolute Gasteiger partial charge is 0.228 e. The van der Waals surface area contributed by atoms with Gasteiger partial charge in [0.05, 0.1) is 0 Å². The minimum Gasteiger partial charge on any atom is -0.339 e. The quantitative estimate of drug-likeness (QED) is 0.835. The van der Waals surface area contributed by atoms with Crippen LogP contribution in [0.3, 0.4) is 0 Å². The van der Waals surface area contributed by atoms with Gasteiger partial charge in [0.15, 0.2) is 4.47 Å². The molecule has 0 spiro atoms. The van der Waals surface area contributed by atoms with Crippen LogP contribution in [0.5, 0.6) is 0 Å². The Hall–Kier alpha value is -0.650. The van der Waals surface area contributed by atoms with E-state index in [2.05, 4.69) is 23.7 Å². The van der Waals surface area contributed by atoms with Gasteiger partial charge >= 0.3 is 0 Å². The highest BCUT2D eigenvalue weighted by Gasteiger charge is 2.38. The van der Waals surface area contributed by atoms with Crippen LogP contribution >= 0.6 is 22.9 Å². The first-order valence-electron chi connectivity index (χ1n) is 7.24. The van der Waals surface area contributed by atoms with Crippen molar-refractivity contribution in [3.63, 3.8) is 0 Å². The summed E-state index contributed by atoms with van der Waals surface area (Å²) in [6, 6.07) is 0. The van der Waals surface area contributed by atoms with Crippen LogP contribution < -0.4 is 0 Å². The van der Waals surface area contributed by atoms with E-state index < -0.39 is 0 Å². The molecule has 6 heteroatoms. The number of halogens is 1. The molecule has 0 saturated carbocycles. The second-order valence-corrected chi connectivity index (χ2v) is 8.99. The van der Waals surface area contributed by atoms with Crippen molar-refractivity contribution in [1.29, 1.82) is 0 Å². The largest absolute Gasteiger partial charge is 0.339 e. The van der Waals surface area contributed by atoms with Gasteiger partial charge in [-0.15, -0.1) is 11.3 Å². The van der Waals surface area contributed by atoms with Crippen molar-refractivity contribution in [2.24, 2.45) is 5.41 Å². The minimum absolute atomic E-state index is 0.0460. The van der Waals surface area contributed by atoms with Gasteiger partial charge in [0.2, 0.25) is 5.91 Å². The molecule has 118 valence electrons. The Labute approximate surface area is 136 Å². The van der Waals surface area contributed by atoms with E-state index in [0.717, 1.165) is 26.2 Å². The van der Waals surface area contributed by atoms with Gasteiger partial charge in [0.1, 0.15) is 0 Å². The number of carbonyl (C=O) groups excluding carboxylic acids is 1. The first kappa shape index (κ1) is 16.7. The number of piperazine rings is 1. The summed E-state index contributed by atoms with van der Waals surface area (Å²) in [6.45, 7) is 13.6. The Morgan fingerprint density at radius 2 is 2.10 bits per heavy atom. The number of hydrogen-bond donors (Lipinski definition) is 0. The Kier molecular flexibility index (Phi) is 4.66. The van der Waals surface area contributed by atoms with E-state index in [0.29, 0.717) is 4.47 Å². The van der Waals surface area contributed by atoms with Gasteiger partial charge in [0, 0.05) is 48.2 Å². The normalized spacial score (nSPS) is 19.8. The molecule has 2 rings (SSSR count). The Morgan fingerprint density at radius 1 is 1.43 bits per heavy atom. The molecule has 1 aromatic rings. The lowest BCUT2D eigenvalue weighted by Gasteiger charge is -2.48. The van der Waals surface area contributed by atoms with E-state index in [4.69, 9.17) is 11.6 Å². The van der Waals surface area contributed by atoms with E-state index in [-0.39, 0.29) is 16.9 Å². The topological polar surface area (TPSA) is 36.4 Å². The van der Waals surface area contributed by atoms with Gasteiger partial charge in [-0.05, 0) is 13.8 Å². The molecule has 1 aliphatic rings. The van der Waals surface area contributed by atoms with Crippen LogP contribution in [-0.4, -0.2) is 45.9 Å². The van der Waals surface area contributed by atoms with Crippen molar-refractivity contribution in [3.8, 4) is 0 Å².